The Balaban J connectivity index is 0.000000380. The third kappa shape index (κ3) is 5.44. The van der Waals surface area contributed by atoms with E-state index in [1.54, 1.807) is 7.05 Å². The van der Waals surface area contributed by atoms with E-state index in [4.69, 9.17) is 19.8 Å². The zero-order valence-electron chi connectivity index (χ0n) is 14.5. The molecule has 27 heavy (non-hydrogen) atoms. The molecule has 0 radical (unpaired) electrons. The molecule has 3 N–H and O–H groups in total. The minimum absolute atomic E-state index is 0.118. The molecule has 2 aromatic rings. The number of carbonyl (C=O) groups excluding carboxylic acids is 1. The minimum atomic E-state index is -1.82. The van der Waals surface area contributed by atoms with Gasteiger partial charge in [0.25, 0.3) is 5.91 Å². The van der Waals surface area contributed by atoms with E-state index in [2.05, 4.69) is 46.1 Å². The molecule has 1 amide bonds. The Hall–Kier alpha value is -3.10. The lowest BCUT2D eigenvalue weighted by molar-refractivity contribution is -0.159. The van der Waals surface area contributed by atoms with E-state index in [9.17, 15) is 4.79 Å². The van der Waals surface area contributed by atoms with Crippen LogP contribution in [0.15, 0.2) is 62.7 Å². The number of carboxylic acid groups (broad SMARTS) is 2. The van der Waals surface area contributed by atoms with Crippen molar-refractivity contribution >= 4 is 40.7 Å². The second-order valence-electron chi connectivity index (χ2n) is 5.32. The molecule has 0 saturated heterocycles. The number of likely N-dealkylation sites (N-methyl/N-ethyl adjacent to an activating group) is 1. The number of aliphatic carboxylic acids is 2. The number of nitrogens with one attached hydrogen (secondary N) is 1. The Bertz CT molecular complexity index is 874. The maximum Gasteiger partial charge on any atom is 0.414 e. The molecule has 1 aliphatic heterocycles. The molecule has 0 spiro atoms. The number of fused-ring (bicyclic) bond motifs is 2. The van der Waals surface area contributed by atoms with Gasteiger partial charge in [-0.3, -0.25) is 4.79 Å². The van der Waals surface area contributed by atoms with Crippen LogP contribution in [0.25, 0.3) is 12.2 Å². The van der Waals surface area contributed by atoms with Crippen molar-refractivity contribution in [1.29, 1.82) is 0 Å². The fourth-order valence-electron chi connectivity index (χ4n) is 2.27. The van der Waals surface area contributed by atoms with Crippen LogP contribution < -0.4 is 5.32 Å². The largest absolute Gasteiger partial charge is 0.473 e. The van der Waals surface area contributed by atoms with Gasteiger partial charge in [0, 0.05) is 9.79 Å². The smallest absolute Gasteiger partial charge is 0.414 e. The predicted molar refractivity (Wildman–Crippen MR) is 102 cm³/mol. The van der Waals surface area contributed by atoms with E-state index in [0.29, 0.717) is 0 Å². The molecule has 8 heteroatoms. The molecule has 0 atom stereocenters. The lowest BCUT2D eigenvalue weighted by atomic mass is 10.1. The number of hydrogen-bond donors (Lipinski definition) is 3. The van der Waals surface area contributed by atoms with Crippen molar-refractivity contribution in [2.75, 3.05) is 13.6 Å². The number of nitrogens with zero attached hydrogens (tertiary/aromatic N) is 1. The van der Waals surface area contributed by atoms with Gasteiger partial charge in [0.1, 0.15) is 0 Å². The van der Waals surface area contributed by atoms with Gasteiger partial charge in [0.05, 0.1) is 6.54 Å². The van der Waals surface area contributed by atoms with Gasteiger partial charge in [0.2, 0.25) is 0 Å². The molecule has 0 saturated carbocycles. The maximum atomic E-state index is 12.0. The first kappa shape index (κ1) is 20.2. The normalized spacial score (nSPS) is 11.9. The molecule has 7 nitrogen and oxygen atoms in total. The summed E-state index contributed by atoms with van der Waals surface area (Å²) in [5, 5.41) is 17.6. The van der Waals surface area contributed by atoms with Crippen LogP contribution in [0.3, 0.4) is 0 Å². The summed E-state index contributed by atoms with van der Waals surface area (Å²) in [6, 6.07) is 16.3. The SMILES string of the molecule is CNCC(=O)N=S1c2ccccc2C=Cc2ccccc21.O=C(O)C(=O)O. The fourth-order valence-corrected chi connectivity index (χ4v) is 4.11. The number of rotatable bonds is 2. The van der Waals surface area contributed by atoms with Crippen LogP contribution in [0.2, 0.25) is 0 Å². The summed E-state index contributed by atoms with van der Waals surface area (Å²) in [6.45, 7) is 0.265. The van der Waals surface area contributed by atoms with Crippen molar-refractivity contribution in [2.24, 2.45) is 4.36 Å². The van der Waals surface area contributed by atoms with Crippen LogP contribution in [0.1, 0.15) is 11.1 Å². The highest BCUT2D eigenvalue weighted by Crippen LogP contribution is 2.30. The molecule has 0 bridgehead atoms. The molecule has 1 heterocycles. The van der Waals surface area contributed by atoms with Crippen LogP contribution in [0.5, 0.6) is 0 Å². The van der Waals surface area contributed by atoms with Gasteiger partial charge in [-0.05, 0) is 41.0 Å². The first-order chi connectivity index (χ1) is 12.9. The zero-order chi connectivity index (χ0) is 19.8. The van der Waals surface area contributed by atoms with Gasteiger partial charge < -0.3 is 15.5 Å². The standard InChI is InChI=1S/C17H16N2OS.C2H2O4/c1-18-12-17(20)19-21-15-8-4-2-6-13(15)10-11-14-7-3-5-9-16(14)21;3-1(4)2(5)6/h2-11,18H,12H2,1H3;(H,3,4)(H,5,6). The van der Waals surface area contributed by atoms with Crippen molar-refractivity contribution in [1.82, 2.24) is 5.32 Å². The predicted octanol–water partition coefficient (Wildman–Crippen LogP) is 2.29. The lowest BCUT2D eigenvalue weighted by Gasteiger charge is -2.11. The summed E-state index contributed by atoms with van der Waals surface area (Å²) in [5.74, 6) is -3.77. The molecule has 2 aromatic carbocycles. The molecule has 3 rings (SSSR count). The summed E-state index contributed by atoms with van der Waals surface area (Å²) in [6.07, 6.45) is 4.19. The quantitative estimate of drug-likeness (QED) is 0.582. The van der Waals surface area contributed by atoms with Crippen LogP contribution in [-0.2, 0) is 25.1 Å². The molecular weight excluding hydrogens is 368 g/mol. The van der Waals surface area contributed by atoms with Gasteiger partial charge in [-0.2, -0.15) is 4.36 Å². The Morgan fingerprint density at radius 1 is 0.889 bits per heavy atom. The molecule has 140 valence electrons. The highest BCUT2D eigenvalue weighted by molar-refractivity contribution is 7.88. The summed E-state index contributed by atoms with van der Waals surface area (Å²) in [4.78, 5) is 32.4. The average Bonchev–Trinajstić information content (AvgIpc) is 2.80. The first-order valence-corrected chi connectivity index (χ1v) is 9.08. The van der Waals surface area contributed by atoms with Crippen molar-refractivity contribution in [3.63, 3.8) is 0 Å². The summed E-state index contributed by atoms with van der Waals surface area (Å²) in [5.41, 5.74) is 2.25. The lowest BCUT2D eigenvalue weighted by Crippen LogP contribution is -2.17. The van der Waals surface area contributed by atoms with Gasteiger partial charge in [-0.1, -0.05) is 48.6 Å². The number of amides is 1. The molecule has 0 fully saturated rings. The molecule has 0 aliphatic carbocycles. The zero-order valence-corrected chi connectivity index (χ0v) is 15.3. The maximum absolute atomic E-state index is 12.0. The van der Waals surface area contributed by atoms with Crippen LogP contribution in [0.4, 0.5) is 0 Å². The van der Waals surface area contributed by atoms with Crippen molar-refractivity contribution in [3.05, 3.63) is 59.7 Å². The van der Waals surface area contributed by atoms with Crippen LogP contribution in [-0.4, -0.2) is 41.7 Å². The third-order valence-corrected chi connectivity index (χ3v) is 5.36. The number of carboxylic acids is 2. The van der Waals surface area contributed by atoms with Crippen LogP contribution >= 0.6 is 0 Å². The van der Waals surface area contributed by atoms with Gasteiger partial charge in [-0.15, -0.1) is 0 Å². The monoisotopic (exact) mass is 386 g/mol. The first-order valence-electron chi connectivity index (χ1n) is 7.90. The van der Waals surface area contributed by atoms with E-state index >= 15 is 0 Å². The van der Waals surface area contributed by atoms with Gasteiger partial charge in [-0.25, -0.2) is 9.59 Å². The van der Waals surface area contributed by atoms with Gasteiger partial charge >= 0.3 is 11.9 Å². The highest BCUT2D eigenvalue weighted by Gasteiger charge is 2.15. The minimum Gasteiger partial charge on any atom is -0.473 e. The van der Waals surface area contributed by atoms with Gasteiger partial charge in [0.15, 0.2) is 0 Å². The average molecular weight is 386 g/mol. The second-order valence-corrected chi connectivity index (χ2v) is 6.95. The summed E-state index contributed by atoms with van der Waals surface area (Å²) in [7, 11) is 1.19. The Morgan fingerprint density at radius 2 is 1.33 bits per heavy atom. The van der Waals surface area contributed by atoms with E-state index in [0.717, 1.165) is 20.9 Å². The number of carbonyl (C=O) groups is 3. The van der Waals surface area contributed by atoms with E-state index in [-0.39, 0.29) is 12.5 Å². The molecule has 1 aliphatic rings. The fraction of sp³-hybridized carbons (Fsp3) is 0.105. The van der Waals surface area contributed by atoms with Crippen LogP contribution in [0, 0.1) is 0 Å². The van der Waals surface area contributed by atoms with Crippen molar-refractivity contribution < 1.29 is 24.6 Å². The van der Waals surface area contributed by atoms with E-state index in [1.807, 2.05) is 24.3 Å². The van der Waals surface area contributed by atoms with E-state index in [1.165, 1.54) is 0 Å². The second kappa shape index (κ2) is 9.56. The summed E-state index contributed by atoms with van der Waals surface area (Å²) >= 11 is 0. The van der Waals surface area contributed by atoms with Crippen molar-refractivity contribution in [2.45, 2.75) is 9.79 Å². The Labute approximate surface area is 158 Å². The van der Waals surface area contributed by atoms with Crippen molar-refractivity contribution in [3.8, 4) is 0 Å². The number of benzene rings is 2. The highest BCUT2D eigenvalue weighted by atomic mass is 32.2. The Morgan fingerprint density at radius 3 is 1.74 bits per heavy atom. The third-order valence-electron chi connectivity index (χ3n) is 3.40. The Kier molecular flexibility index (Phi) is 7.16. The number of hydrogen-bond acceptors (Lipinski definition) is 4. The topological polar surface area (TPSA) is 116 Å². The molecular formula is C19H18N2O5S. The van der Waals surface area contributed by atoms with E-state index < -0.39 is 22.6 Å². The molecule has 0 aromatic heterocycles. The summed E-state index contributed by atoms with van der Waals surface area (Å²) < 4.78 is 4.45. The molecule has 0 unspecified atom stereocenters.